The molecule has 3 aromatic rings. The highest BCUT2D eigenvalue weighted by Gasteiger charge is 2.18. The van der Waals surface area contributed by atoms with Crippen LogP contribution < -0.4 is 10.2 Å². The lowest BCUT2D eigenvalue weighted by Crippen LogP contribution is -2.33. The Balaban J connectivity index is 1.46. The minimum Gasteiger partial charge on any atom is -0.356 e. The second-order valence-electron chi connectivity index (χ2n) is 6.79. The fourth-order valence-corrected chi connectivity index (χ4v) is 3.90. The lowest BCUT2D eigenvalue weighted by Gasteiger charge is -2.31. The fourth-order valence-electron chi connectivity index (χ4n) is 3.10. The largest absolute Gasteiger partial charge is 0.356 e. The Bertz CT molecular complexity index is 919. The van der Waals surface area contributed by atoms with Crippen molar-refractivity contribution < 1.29 is 4.79 Å². The fraction of sp³-hybridized carbons (Fsp3) is 0.300. The zero-order valence-corrected chi connectivity index (χ0v) is 15.9. The maximum atomic E-state index is 12.5. The van der Waals surface area contributed by atoms with Crippen molar-refractivity contribution in [2.45, 2.75) is 19.8 Å². The van der Waals surface area contributed by atoms with Crippen LogP contribution in [0, 0.1) is 5.92 Å². The summed E-state index contributed by atoms with van der Waals surface area (Å²) in [6, 6.07) is 11.7. The molecule has 1 saturated heterocycles. The Hall–Kier alpha value is -2.80. The van der Waals surface area contributed by atoms with Gasteiger partial charge in [-0.1, -0.05) is 37.3 Å². The molecular weight excluding hydrogens is 358 g/mol. The van der Waals surface area contributed by atoms with Gasteiger partial charge in [-0.3, -0.25) is 4.79 Å². The van der Waals surface area contributed by atoms with E-state index in [1.54, 1.807) is 5.38 Å². The lowest BCUT2D eigenvalue weighted by atomic mass is 9.99. The molecule has 27 heavy (non-hydrogen) atoms. The first-order valence-electron chi connectivity index (χ1n) is 9.08. The Morgan fingerprint density at radius 2 is 1.96 bits per heavy atom. The third kappa shape index (κ3) is 4.14. The van der Waals surface area contributed by atoms with E-state index < -0.39 is 0 Å². The molecule has 0 unspecified atom stereocenters. The minimum atomic E-state index is -0.259. The number of thiazole rings is 1. The predicted octanol–water partition coefficient (Wildman–Crippen LogP) is 4.09. The van der Waals surface area contributed by atoms with Crippen LogP contribution in [-0.2, 0) is 0 Å². The molecule has 1 aromatic carbocycles. The molecule has 0 aliphatic carbocycles. The monoisotopic (exact) mass is 379 g/mol. The van der Waals surface area contributed by atoms with Crippen molar-refractivity contribution in [1.82, 2.24) is 15.0 Å². The van der Waals surface area contributed by atoms with Gasteiger partial charge in [-0.05, 0) is 18.8 Å². The van der Waals surface area contributed by atoms with Crippen molar-refractivity contribution in [3.05, 3.63) is 53.8 Å². The molecule has 0 bridgehead atoms. The number of anilines is 2. The van der Waals surface area contributed by atoms with Crippen molar-refractivity contribution in [2.75, 3.05) is 23.3 Å². The van der Waals surface area contributed by atoms with Crippen molar-refractivity contribution >= 4 is 28.9 Å². The molecule has 0 atom stereocenters. The standard InChI is InChI=1S/C20H21N5OS/c1-14-7-9-25(10-8-14)18-11-17(21-13-22-18)24-19(26)16-12-27-20(23-16)15-5-3-2-4-6-15/h2-6,11-14H,7-10H2,1H3,(H,21,22,24,26). The maximum absolute atomic E-state index is 12.5. The number of carbonyl (C=O) groups excluding carboxylic acids is 1. The number of hydrogen-bond acceptors (Lipinski definition) is 6. The molecule has 0 spiro atoms. The molecule has 1 aliphatic heterocycles. The molecule has 0 saturated carbocycles. The molecule has 7 heteroatoms. The molecule has 1 fully saturated rings. The minimum absolute atomic E-state index is 0.259. The second kappa shape index (κ2) is 7.84. The molecule has 1 amide bonds. The number of rotatable bonds is 4. The number of benzene rings is 1. The van der Waals surface area contributed by atoms with Crippen molar-refractivity contribution in [2.24, 2.45) is 5.92 Å². The maximum Gasteiger partial charge on any atom is 0.276 e. The van der Waals surface area contributed by atoms with E-state index in [1.165, 1.54) is 17.7 Å². The SMILES string of the molecule is CC1CCN(c2cc(NC(=O)c3csc(-c4ccccc4)n3)ncn2)CC1. The van der Waals surface area contributed by atoms with E-state index in [0.29, 0.717) is 11.5 Å². The summed E-state index contributed by atoms with van der Waals surface area (Å²) in [6.45, 7) is 4.25. The predicted molar refractivity (Wildman–Crippen MR) is 108 cm³/mol. The topological polar surface area (TPSA) is 71.0 Å². The molecule has 1 N–H and O–H groups in total. The molecule has 6 nitrogen and oxygen atoms in total. The summed E-state index contributed by atoms with van der Waals surface area (Å²) >= 11 is 1.45. The second-order valence-corrected chi connectivity index (χ2v) is 7.65. The van der Waals surface area contributed by atoms with Gasteiger partial charge in [0.05, 0.1) is 0 Å². The summed E-state index contributed by atoms with van der Waals surface area (Å²) in [5.74, 6) is 1.85. The highest BCUT2D eigenvalue weighted by molar-refractivity contribution is 7.13. The van der Waals surface area contributed by atoms with Crippen LogP contribution in [0.4, 0.5) is 11.6 Å². The number of amides is 1. The van der Waals surface area contributed by atoms with Crippen LogP contribution in [0.25, 0.3) is 10.6 Å². The summed E-state index contributed by atoms with van der Waals surface area (Å²) in [7, 11) is 0. The Morgan fingerprint density at radius 3 is 2.74 bits per heavy atom. The van der Waals surface area contributed by atoms with Crippen molar-refractivity contribution in [1.29, 1.82) is 0 Å². The Kier molecular flexibility index (Phi) is 5.11. The first kappa shape index (κ1) is 17.6. The van der Waals surface area contributed by atoms with E-state index in [9.17, 15) is 4.79 Å². The summed E-state index contributed by atoms with van der Waals surface area (Å²) in [5, 5.41) is 5.43. The Morgan fingerprint density at radius 1 is 1.19 bits per heavy atom. The average Bonchev–Trinajstić information content (AvgIpc) is 3.20. The number of nitrogens with one attached hydrogen (secondary N) is 1. The Labute approximate surface area is 162 Å². The van der Waals surface area contributed by atoms with E-state index in [2.05, 4.69) is 32.1 Å². The molecule has 3 heterocycles. The van der Waals surface area contributed by atoms with Crippen molar-refractivity contribution in [3.8, 4) is 10.6 Å². The first-order valence-corrected chi connectivity index (χ1v) is 9.96. The molecular formula is C20H21N5OS. The zero-order chi connectivity index (χ0) is 18.6. The van der Waals surface area contributed by atoms with Crippen LogP contribution in [0.3, 0.4) is 0 Å². The van der Waals surface area contributed by atoms with E-state index in [0.717, 1.165) is 48.2 Å². The van der Waals surface area contributed by atoms with Crippen LogP contribution in [0.15, 0.2) is 48.1 Å². The third-order valence-electron chi connectivity index (χ3n) is 4.76. The van der Waals surface area contributed by atoms with Crippen LogP contribution in [-0.4, -0.2) is 33.9 Å². The quantitative estimate of drug-likeness (QED) is 0.739. The molecule has 138 valence electrons. The summed E-state index contributed by atoms with van der Waals surface area (Å²) in [6.07, 6.45) is 3.82. The van der Waals surface area contributed by atoms with E-state index in [1.807, 2.05) is 36.4 Å². The summed E-state index contributed by atoms with van der Waals surface area (Å²) in [4.78, 5) is 27.8. The molecule has 1 aliphatic rings. The van der Waals surface area contributed by atoms with E-state index >= 15 is 0 Å². The number of aromatic nitrogens is 3. The van der Waals surface area contributed by atoms with Gasteiger partial charge in [-0.15, -0.1) is 11.3 Å². The van der Waals surface area contributed by atoms with Gasteiger partial charge < -0.3 is 10.2 Å². The van der Waals surface area contributed by atoms with Crippen LogP contribution >= 0.6 is 11.3 Å². The number of hydrogen-bond donors (Lipinski definition) is 1. The van der Waals surface area contributed by atoms with E-state index in [4.69, 9.17) is 0 Å². The third-order valence-corrected chi connectivity index (χ3v) is 5.65. The van der Waals surface area contributed by atoms with Gasteiger partial charge in [-0.2, -0.15) is 0 Å². The average molecular weight is 379 g/mol. The number of carbonyl (C=O) groups is 1. The highest BCUT2D eigenvalue weighted by Crippen LogP contribution is 2.25. The highest BCUT2D eigenvalue weighted by atomic mass is 32.1. The summed E-state index contributed by atoms with van der Waals surface area (Å²) in [5.41, 5.74) is 1.40. The van der Waals surface area contributed by atoms with Crippen molar-refractivity contribution in [3.63, 3.8) is 0 Å². The van der Waals surface area contributed by atoms with Gasteiger partial charge in [0.15, 0.2) is 0 Å². The molecule has 0 radical (unpaired) electrons. The van der Waals surface area contributed by atoms with Gasteiger partial charge in [0, 0.05) is 30.1 Å². The van der Waals surface area contributed by atoms with E-state index in [-0.39, 0.29) is 5.91 Å². The first-order chi connectivity index (χ1) is 13.2. The van der Waals surface area contributed by atoms with Crippen LogP contribution in [0.5, 0.6) is 0 Å². The zero-order valence-electron chi connectivity index (χ0n) is 15.1. The van der Waals surface area contributed by atoms with Gasteiger partial charge in [0.25, 0.3) is 5.91 Å². The molecule has 2 aromatic heterocycles. The summed E-state index contributed by atoms with van der Waals surface area (Å²) < 4.78 is 0. The number of nitrogens with zero attached hydrogens (tertiary/aromatic N) is 4. The van der Waals surface area contributed by atoms with Gasteiger partial charge in [0.2, 0.25) is 0 Å². The van der Waals surface area contributed by atoms with Gasteiger partial charge in [-0.25, -0.2) is 15.0 Å². The molecule has 4 rings (SSSR count). The van der Waals surface area contributed by atoms with Crippen LogP contribution in [0.1, 0.15) is 30.3 Å². The van der Waals surface area contributed by atoms with Crippen LogP contribution in [0.2, 0.25) is 0 Å². The number of piperidine rings is 1. The van der Waals surface area contributed by atoms with Gasteiger partial charge in [0.1, 0.15) is 28.7 Å². The smallest absolute Gasteiger partial charge is 0.276 e. The lowest BCUT2D eigenvalue weighted by molar-refractivity contribution is 0.102. The van der Waals surface area contributed by atoms with Gasteiger partial charge >= 0.3 is 0 Å². The normalized spacial score (nSPS) is 14.9.